The zero-order valence-corrected chi connectivity index (χ0v) is 34.7. The molecular weight excluding hydrogens is 793 g/mol. The number of hydrogen-bond acceptors (Lipinski definition) is 1. The fourth-order valence-corrected chi connectivity index (χ4v) is 13.4. The molecule has 262 valence electrons. The van der Waals surface area contributed by atoms with Gasteiger partial charge < -0.3 is 0 Å². The molecule has 10 rings (SSSR count). The monoisotopic (exact) mass is 835 g/mol. The van der Waals surface area contributed by atoms with Crippen LogP contribution >= 0.6 is 0 Å². The van der Waals surface area contributed by atoms with Gasteiger partial charge in [0.2, 0.25) is 0 Å². The number of fused-ring (bicyclic) bond motifs is 4. The van der Waals surface area contributed by atoms with Gasteiger partial charge in [0.25, 0.3) is 0 Å². The summed E-state index contributed by atoms with van der Waals surface area (Å²) in [5.41, 5.74) is 18.2. The standard InChI is InChI=1S/C51H40BNSiTe/c1-54(2,3)41-33-47-50-49(34-41)55-48-30-28-40(36-19-10-5-11-20-36)32-45(48)52(50)44-31-39(35-17-8-4-9-18-35)27-29-46(44)53(47)51-42(37-21-12-6-13-22-37)25-16-26-43(51)38-23-14-7-15-24-38/h4-34H,1-3H3. The first-order valence-corrected chi connectivity index (χ1v) is 25.0. The molecule has 4 heteroatoms. The molecule has 0 aromatic heterocycles. The molecule has 0 amide bonds. The molecule has 0 bridgehead atoms. The molecule has 0 aliphatic carbocycles. The number of rotatable bonds is 6. The maximum atomic E-state index is 2.67. The van der Waals surface area contributed by atoms with Gasteiger partial charge >= 0.3 is 339 Å². The molecule has 0 saturated carbocycles. The molecule has 2 aliphatic rings. The Morgan fingerprint density at radius 2 is 0.927 bits per heavy atom. The quantitative estimate of drug-likeness (QED) is 0.151. The van der Waals surface area contributed by atoms with E-state index in [9.17, 15) is 0 Å². The molecule has 0 atom stereocenters. The maximum absolute atomic E-state index is 2.67. The third kappa shape index (κ3) is 6.01. The molecule has 8 aromatic carbocycles. The Labute approximate surface area is 336 Å². The zero-order chi connectivity index (χ0) is 37.1. The van der Waals surface area contributed by atoms with Crippen LogP contribution in [0.3, 0.4) is 0 Å². The van der Waals surface area contributed by atoms with Gasteiger partial charge in [0.1, 0.15) is 0 Å². The number of benzene rings is 8. The van der Waals surface area contributed by atoms with Crippen molar-refractivity contribution in [3.63, 3.8) is 0 Å². The van der Waals surface area contributed by atoms with E-state index >= 15 is 0 Å². The van der Waals surface area contributed by atoms with Crippen molar-refractivity contribution >= 4 is 81.6 Å². The third-order valence-corrected chi connectivity index (χ3v) is 16.6. The summed E-state index contributed by atoms with van der Waals surface area (Å²) in [5, 5.41) is 1.53. The Morgan fingerprint density at radius 3 is 1.47 bits per heavy atom. The van der Waals surface area contributed by atoms with E-state index in [4.69, 9.17) is 0 Å². The number of hydrogen-bond donors (Lipinski definition) is 0. The van der Waals surface area contributed by atoms with Gasteiger partial charge in [-0.2, -0.15) is 0 Å². The van der Waals surface area contributed by atoms with Crippen LogP contribution in [0.2, 0.25) is 19.6 Å². The predicted octanol–water partition coefficient (Wildman–Crippen LogP) is 9.17. The van der Waals surface area contributed by atoms with Gasteiger partial charge in [0.15, 0.2) is 0 Å². The van der Waals surface area contributed by atoms with Crippen LogP contribution < -0.4 is 33.7 Å². The van der Waals surface area contributed by atoms with Crippen LogP contribution in [0.5, 0.6) is 0 Å². The fourth-order valence-electron chi connectivity index (χ4n) is 8.53. The van der Waals surface area contributed by atoms with Crippen LogP contribution in [0.15, 0.2) is 188 Å². The Hall–Kier alpha value is -5.37. The topological polar surface area (TPSA) is 3.24 Å². The first-order valence-electron chi connectivity index (χ1n) is 19.2. The van der Waals surface area contributed by atoms with Gasteiger partial charge in [0.05, 0.1) is 0 Å². The van der Waals surface area contributed by atoms with E-state index in [1.165, 1.54) is 83.1 Å². The van der Waals surface area contributed by atoms with E-state index in [1.807, 2.05) is 0 Å². The van der Waals surface area contributed by atoms with Gasteiger partial charge in [-0.3, -0.25) is 0 Å². The number of anilines is 3. The summed E-state index contributed by atoms with van der Waals surface area (Å²) < 4.78 is 3.14. The second-order valence-electron chi connectivity index (χ2n) is 15.7. The third-order valence-electron chi connectivity index (χ3n) is 11.3. The van der Waals surface area contributed by atoms with Crippen molar-refractivity contribution in [3.8, 4) is 44.5 Å². The van der Waals surface area contributed by atoms with Crippen molar-refractivity contribution in [1.82, 2.24) is 0 Å². The molecule has 0 spiro atoms. The van der Waals surface area contributed by atoms with Gasteiger partial charge in [-0.25, -0.2) is 0 Å². The summed E-state index contributed by atoms with van der Waals surface area (Å²) >= 11 is -0.677. The first-order chi connectivity index (χ1) is 26.9. The van der Waals surface area contributed by atoms with Gasteiger partial charge in [-0.05, 0) is 0 Å². The first kappa shape index (κ1) is 34.1. The molecule has 0 radical (unpaired) electrons. The molecule has 2 heterocycles. The normalized spacial score (nSPS) is 12.9. The molecule has 2 aliphatic heterocycles. The summed E-state index contributed by atoms with van der Waals surface area (Å²) in [7, 11) is -1.72. The van der Waals surface area contributed by atoms with Crippen molar-refractivity contribution < 1.29 is 0 Å². The summed E-state index contributed by atoms with van der Waals surface area (Å²) in [6.45, 7) is 7.63. The van der Waals surface area contributed by atoms with E-state index in [2.05, 4.69) is 213 Å². The van der Waals surface area contributed by atoms with Crippen molar-refractivity contribution in [2.24, 2.45) is 0 Å². The van der Waals surface area contributed by atoms with Crippen molar-refractivity contribution in [1.29, 1.82) is 0 Å². The molecular formula is C51H40BNSiTe. The average Bonchev–Trinajstić information content (AvgIpc) is 3.24. The van der Waals surface area contributed by atoms with E-state index < -0.39 is 29.0 Å². The van der Waals surface area contributed by atoms with Crippen LogP contribution in [0.25, 0.3) is 44.5 Å². The summed E-state index contributed by atoms with van der Waals surface area (Å²) in [6.07, 6.45) is 0. The number of para-hydroxylation sites is 1. The van der Waals surface area contributed by atoms with Gasteiger partial charge in [-0.1, -0.05) is 0 Å². The summed E-state index contributed by atoms with van der Waals surface area (Å²) in [5.74, 6) is 0. The molecule has 0 unspecified atom stereocenters. The second kappa shape index (κ2) is 13.7. The van der Waals surface area contributed by atoms with Crippen LogP contribution in [0.1, 0.15) is 0 Å². The Kier molecular flexibility index (Phi) is 8.53. The second-order valence-corrected chi connectivity index (χ2v) is 23.9. The van der Waals surface area contributed by atoms with Crippen molar-refractivity contribution in [2.75, 3.05) is 4.90 Å². The Bertz CT molecular complexity index is 2650. The van der Waals surface area contributed by atoms with E-state index in [-0.39, 0.29) is 6.71 Å². The summed E-state index contributed by atoms with van der Waals surface area (Å²) in [4.78, 5) is 2.67. The summed E-state index contributed by atoms with van der Waals surface area (Å²) in [6, 6.07) is 70.6. The van der Waals surface area contributed by atoms with Gasteiger partial charge in [-0.15, -0.1) is 0 Å². The fraction of sp³-hybridized carbons (Fsp3) is 0.0588. The van der Waals surface area contributed by atoms with Gasteiger partial charge in [0, 0.05) is 0 Å². The van der Waals surface area contributed by atoms with Crippen molar-refractivity contribution in [2.45, 2.75) is 19.6 Å². The van der Waals surface area contributed by atoms with Crippen molar-refractivity contribution in [3.05, 3.63) is 188 Å². The molecule has 0 N–H and O–H groups in total. The SMILES string of the molecule is C[Si](C)(C)c1cc2c3c(c1)N(c1c(-c4ccccc4)cccc1-c1ccccc1)c1ccc(-c4ccccc4)cc1B3c1cc(-c3ccccc3)ccc1[Te]2. The minimum absolute atomic E-state index is 0.122. The van der Waals surface area contributed by atoms with E-state index in [0.717, 1.165) is 0 Å². The van der Waals surface area contributed by atoms with Crippen LogP contribution in [-0.2, 0) is 0 Å². The van der Waals surface area contributed by atoms with Crippen LogP contribution in [0, 0.1) is 0 Å². The average molecular weight is 833 g/mol. The molecule has 0 fully saturated rings. The number of nitrogens with zero attached hydrogens (tertiary/aromatic N) is 1. The molecule has 1 nitrogen and oxygen atoms in total. The van der Waals surface area contributed by atoms with Crippen LogP contribution in [0.4, 0.5) is 17.1 Å². The molecule has 0 saturated heterocycles. The molecule has 8 aromatic rings. The molecule has 55 heavy (non-hydrogen) atoms. The van der Waals surface area contributed by atoms with E-state index in [0.29, 0.717) is 0 Å². The van der Waals surface area contributed by atoms with E-state index in [1.54, 1.807) is 7.22 Å². The predicted molar refractivity (Wildman–Crippen MR) is 242 cm³/mol. The Morgan fingerprint density at radius 1 is 0.418 bits per heavy atom. The van der Waals surface area contributed by atoms with Crippen LogP contribution in [-0.4, -0.2) is 35.7 Å². The Balaban J connectivity index is 1.32. The zero-order valence-electron chi connectivity index (χ0n) is 31.3. The minimum atomic E-state index is -1.72.